The van der Waals surface area contributed by atoms with Crippen LogP contribution in [0.15, 0.2) is 24.3 Å². The maximum absolute atomic E-state index is 6.04. The zero-order valence-corrected chi connectivity index (χ0v) is 12.4. The maximum Gasteiger partial charge on any atom is 0.0409 e. The Labute approximate surface area is 121 Å². The van der Waals surface area contributed by atoms with Crippen LogP contribution in [0.5, 0.6) is 0 Å². The molecule has 1 saturated heterocycles. The fourth-order valence-corrected chi connectivity index (χ4v) is 3.83. The Morgan fingerprint density at radius 2 is 2.16 bits per heavy atom. The SMILES string of the molecule is CN(Cc1cccc(Cl)c1)CC1CC12CCNCC2. The number of benzene rings is 1. The fraction of sp³-hybridized carbons (Fsp3) is 0.625. The molecule has 3 heteroatoms. The third-order valence-corrected chi connectivity index (χ3v) is 5.07. The van der Waals surface area contributed by atoms with Gasteiger partial charge in [-0.1, -0.05) is 23.7 Å². The number of piperidine rings is 1. The van der Waals surface area contributed by atoms with Crippen molar-refractivity contribution in [2.75, 3.05) is 26.7 Å². The number of hydrogen-bond donors (Lipinski definition) is 1. The second-order valence-electron chi connectivity index (χ2n) is 6.34. The molecule has 2 aliphatic rings. The Morgan fingerprint density at radius 3 is 2.89 bits per heavy atom. The van der Waals surface area contributed by atoms with Crippen molar-refractivity contribution >= 4 is 11.6 Å². The molecule has 2 nitrogen and oxygen atoms in total. The number of rotatable bonds is 4. The smallest absolute Gasteiger partial charge is 0.0409 e. The predicted octanol–water partition coefficient (Wildman–Crippen LogP) is 3.16. The van der Waals surface area contributed by atoms with Crippen LogP contribution < -0.4 is 5.32 Å². The molecule has 1 unspecified atom stereocenters. The summed E-state index contributed by atoms with van der Waals surface area (Å²) in [7, 11) is 2.23. The lowest BCUT2D eigenvalue weighted by molar-refractivity contribution is 0.257. The quantitative estimate of drug-likeness (QED) is 0.910. The summed E-state index contributed by atoms with van der Waals surface area (Å²) >= 11 is 6.04. The van der Waals surface area contributed by atoms with Gasteiger partial charge in [-0.05, 0) is 68.4 Å². The van der Waals surface area contributed by atoms with Crippen molar-refractivity contribution < 1.29 is 0 Å². The van der Waals surface area contributed by atoms with E-state index in [2.05, 4.69) is 29.4 Å². The van der Waals surface area contributed by atoms with Gasteiger partial charge in [0.1, 0.15) is 0 Å². The van der Waals surface area contributed by atoms with Gasteiger partial charge in [0.15, 0.2) is 0 Å². The summed E-state index contributed by atoms with van der Waals surface area (Å²) in [5.41, 5.74) is 2.00. The van der Waals surface area contributed by atoms with Crippen LogP contribution in [0.1, 0.15) is 24.8 Å². The molecule has 1 N–H and O–H groups in total. The average molecular weight is 279 g/mol. The van der Waals surface area contributed by atoms with E-state index < -0.39 is 0 Å². The van der Waals surface area contributed by atoms with Crippen LogP contribution in [0.25, 0.3) is 0 Å². The van der Waals surface area contributed by atoms with E-state index in [1.807, 2.05) is 12.1 Å². The Kier molecular flexibility index (Phi) is 3.84. The van der Waals surface area contributed by atoms with Gasteiger partial charge in [-0.25, -0.2) is 0 Å². The van der Waals surface area contributed by atoms with Gasteiger partial charge >= 0.3 is 0 Å². The number of nitrogens with zero attached hydrogens (tertiary/aromatic N) is 1. The first-order valence-electron chi connectivity index (χ1n) is 7.32. The maximum atomic E-state index is 6.04. The molecule has 1 saturated carbocycles. The lowest BCUT2D eigenvalue weighted by atomic mass is 9.92. The predicted molar refractivity (Wildman–Crippen MR) is 80.4 cm³/mol. The average Bonchev–Trinajstić information content (AvgIpc) is 3.01. The van der Waals surface area contributed by atoms with Gasteiger partial charge < -0.3 is 10.2 Å². The van der Waals surface area contributed by atoms with Crippen molar-refractivity contribution in [2.45, 2.75) is 25.8 Å². The van der Waals surface area contributed by atoms with Crippen molar-refractivity contribution in [3.63, 3.8) is 0 Å². The van der Waals surface area contributed by atoms with E-state index >= 15 is 0 Å². The molecule has 1 aromatic rings. The second kappa shape index (κ2) is 5.43. The minimum atomic E-state index is 0.688. The van der Waals surface area contributed by atoms with E-state index in [0.717, 1.165) is 17.5 Å². The van der Waals surface area contributed by atoms with Crippen molar-refractivity contribution in [1.29, 1.82) is 0 Å². The molecule has 1 aromatic carbocycles. The number of hydrogen-bond acceptors (Lipinski definition) is 2. The summed E-state index contributed by atoms with van der Waals surface area (Å²) in [4.78, 5) is 2.45. The van der Waals surface area contributed by atoms with E-state index in [4.69, 9.17) is 11.6 Å². The van der Waals surface area contributed by atoms with E-state index in [0.29, 0.717) is 5.41 Å². The number of halogens is 1. The lowest BCUT2D eigenvalue weighted by Gasteiger charge is -2.25. The molecule has 0 aromatic heterocycles. The second-order valence-corrected chi connectivity index (χ2v) is 6.78. The minimum Gasteiger partial charge on any atom is -0.317 e. The van der Waals surface area contributed by atoms with Crippen molar-refractivity contribution in [3.8, 4) is 0 Å². The van der Waals surface area contributed by atoms with Gasteiger partial charge in [0.2, 0.25) is 0 Å². The van der Waals surface area contributed by atoms with Crippen LogP contribution in [-0.2, 0) is 6.54 Å². The Hall–Kier alpha value is -0.570. The van der Waals surface area contributed by atoms with Gasteiger partial charge in [-0.15, -0.1) is 0 Å². The summed E-state index contributed by atoms with van der Waals surface area (Å²) in [5.74, 6) is 0.916. The lowest BCUT2D eigenvalue weighted by Crippen LogP contribution is -2.31. The molecule has 1 aliphatic carbocycles. The molecular weight excluding hydrogens is 256 g/mol. The molecule has 0 radical (unpaired) electrons. The van der Waals surface area contributed by atoms with Crippen LogP contribution in [0.4, 0.5) is 0 Å². The van der Waals surface area contributed by atoms with E-state index in [9.17, 15) is 0 Å². The normalized spacial score (nSPS) is 24.9. The van der Waals surface area contributed by atoms with Gasteiger partial charge in [0.25, 0.3) is 0 Å². The largest absolute Gasteiger partial charge is 0.317 e. The highest BCUT2D eigenvalue weighted by atomic mass is 35.5. The summed E-state index contributed by atoms with van der Waals surface area (Å²) in [5, 5.41) is 4.31. The molecule has 0 bridgehead atoms. The first kappa shape index (κ1) is 13.4. The molecule has 3 rings (SSSR count). The third-order valence-electron chi connectivity index (χ3n) is 4.83. The first-order valence-corrected chi connectivity index (χ1v) is 7.69. The molecule has 0 amide bonds. The van der Waals surface area contributed by atoms with Gasteiger partial charge in [0, 0.05) is 18.1 Å². The first-order chi connectivity index (χ1) is 9.18. The van der Waals surface area contributed by atoms with Crippen molar-refractivity contribution in [3.05, 3.63) is 34.9 Å². The van der Waals surface area contributed by atoms with Gasteiger partial charge in [-0.3, -0.25) is 0 Å². The monoisotopic (exact) mass is 278 g/mol. The van der Waals surface area contributed by atoms with Crippen LogP contribution in [0.3, 0.4) is 0 Å². The topological polar surface area (TPSA) is 15.3 Å². The molecule has 1 spiro atoms. The summed E-state index contributed by atoms with van der Waals surface area (Å²) in [6, 6.07) is 8.22. The molecular formula is C16H23ClN2. The van der Waals surface area contributed by atoms with Crippen LogP contribution in [0.2, 0.25) is 5.02 Å². The van der Waals surface area contributed by atoms with E-state index in [1.54, 1.807) is 0 Å². The van der Waals surface area contributed by atoms with Crippen molar-refractivity contribution in [2.24, 2.45) is 11.3 Å². The van der Waals surface area contributed by atoms with Crippen LogP contribution in [0, 0.1) is 11.3 Å². The van der Waals surface area contributed by atoms with Gasteiger partial charge in [0.05, 0.1) is 0 Å². The van der Waals surface area contributed by atoms with Crippen LogP contribution >= 0.6 is 11.6 Å². The third kappa shape index (κ3) is 3.13. The highest BCUT2D eigenvalue weighted by Gasteiger charge is 2.53. The Balaban J connectivity index is 1.51. The zero-order chi connectivity index (χ0) is 13.3. The summed E-state index contributed by atoms with van der Waals surface area (Å²) in [6.45, 7) is 4.67. The summed E-state index contributed by atoms with van der Waals surface area (Å²) in [6.07, 6.45) is 4.19. The molecule has 19 heavy (non-hydrogen) atoms. The molecule has 2 fully saturated rings. The Bertz CT molecular complexity index is 440. The summed E-state index contributed by atoms with van der Waals surface area (Å²) < 4.78 is 0. The highest BCUT2D eigenvalue weighted by molar-refractivity contribution is 6.30. The van der Waals surface area contributed by atoms with Gasteiger partial charge in [-0.2, -0.15) is 0 Å². The number of nitrogens with one attached hydrogen (secondary N) is 1. The highest BCUT2D eigenvalue weighted by Crippen LogP contribution is 2.58. The van der Waals surface area contributed by atoms with Crippen LogP contribution in [-0.4, -0.2) is 31.6 Å². The standard InChI is InChI=1S/C16H23ClN2/c1-19(11-13-3-2-4-15(17)9-13)12-14-10-16(14)5-7-18-8-6-16/h2-4,9,14,18H,5-8,10-12H2,1H3. The molecule has 1 aliphatic heterocycles. The minimum absolute atomic E-state index is 0.688. The van der Waals surface area contributed by atoms with E-state index in [-0.39, 0.29) is 0 Å². The Morgan fingerprint density at radius 1 is 1.37 bits per heavy atom. The van der Waals surface area contributed by atoms with Crippen molar-refractivity contribution in [1.82, 2.24) is 10.2 Å². The fourth-order valence-electron chi connectivity index (χ4n) is 3.61. The van der Waals surface area contributed by atoms with E-state index in [1.165, 1.54) is 44.5 Å². The molecule has 1 atom stereocenters. The molecule has 1 heterocycles. The zero-order valence-electron chi connectivity index (χ0n) is 11.7. The molecule has 104 valence electrons.